The van der Waals surface area contributed by atoms with Crippen LogP contribution in [0.3, 0.4) is 0 Å². The van der Waals surface area contributed by atoms with Crippen molar-refractivity contribution >= 4 is 5.71 Å². The first-order valence-corrected chi connectivity index (χ1v) is 4.24. The van der Waals surface area contributed by atoms with Crippen molar-refractivity contribution in [1.29, 1.82) is 0 Å². The number of aliphatic imine (C=N–C) groups is 1. The molecular formula is C9H19N. The summed E-state index contributed by atoms with van der Waals surface area (Å²) < 4.78 is 0. The maximum Gasteiger partial charge on any atom is 0.0468 e. The van der Waals surface area contributed by atoms with E-state index in [9.17, 15) is 0 Å². The van der Waals surface area contributed by atoms with E-state index in [4.69, 9.17) is 0 Å². The lowest BCUT2D eigenvalue weighted by atomic mass is 10.2. The van der Waals surface area contributed by atoms with Crippen LogP contribution in [0.2, 0.25) is 0 Å². The average Bonchev–Trinajstić information content (AvgIpc) is 1.88. The van der Waals surface area contributed by atoms with Gasteiger partial charge in [-0.05, 0) is 26.7 Å². The molecular weight excluding hydrogens is 122 g/mol. The first kappa shape index (κ1) is 9.67. The van der Waals surface area contributed by atoms with Gasteiger partial charge in [0.05, 0.1) is 0 Å². The Labute approximate surface area is 64.6 Å². The molecule has 0 saturated carbocycles. The minimum absolute atomic E-state index is 0.520. The van der Waals surface area contributed by atoms with Crippen LogP contribution >= 0.6 is 0 Å². The first-order valence-electron chi connectivity index (χ1n) is 4.24. The zero-order chi connectivity index (χ0) is 7.98. The fourth-order valence-electron chi connectivity index (χ4n) is 0.894. The van der Waals surface area contributed by atoms with Crippen LogP contribution in [0, 0.1) is 0 Å². The molecule has 1 atom stereocenters. The van der Waals surface area contributed by atoms with E-state index in [1.807, 2.05) is 0 Å². The molecule has 1 nitrogen and oxygen atoms in total. The largest absolute Gasteiger partial charge is 0.291 e. The van der Waals surface area contributed by atoms with Gasteiger partial charge in [-0.25, -0.2) is 0 Å². The molecule has 0 radical (unpaired) electrons. The van der Waals surface area contributed by atoms with Crippen molar-refractivity contribution in [3.05, 3.63) is 0 Å². The number of nitrogens with zero attached hydrogens (tertiary/aromatic N) is 1. The van der Waals surface area contributed by atoms with Crippen LogP contribution in [-0.2, 0) is 0 Å². The highest BCUT2D eigenvalue weighted by Gasteiger charge is 1.94. The number of hydrogen-bond acceptors (Lipinski definition) is 1. The zero-order valence-electron chi connectivity index (χ0n) is 7.65. The summed E-state index contributed by atoms with van der Waals surface area (Å²) in [5, 5.41) is 0. The molecule has 0 fully saturated rings. The molecule has 0 aliphatic rings. The lowest BCUT2D eigenvalue weighted by Crippen LogP contribution is -2.00. The van der Waals surface area contributed by atoms with Gasteiger partial charge in [0, 0.05) is 11.8 Å². The summed E-state index contributed by atoms with van der Waals surface area (Å²) >= 11 is 0. The van der Waals surface area contributed by atoms with Crippen LogP contribution in [0.4, 0.5) is 0 Å². The van der Waals surface area contributed by atoms with Crippen LogP contribution in [0.1, 0.15) is 47.0 Å². The standard InChI is InChI=1S/C9H19N/c1-5-7-9(4)10-8(3)6-2/h8H,5-7H2,1-4H3. The molecule has 1 unspecified atom stereocenters. The van der Waals surface area contributed by atoms with Crippen molar-refractivity contribution in [3.63, 3.8) is 0 Å². The van der Waals surface area contributed by atoms with Crippen LogP contribution in [0.15, 0.2) is 4.99 Å². The van der Waals surface area contributed by atoms with Gasteiger partial charge in [-0.3, -0.25) is 4.99 Å². The van der Waals surface area contributed by atoms with Gasteiger partial charge in [0.1, 0.15) is 0 Å². The van der Waals surface area contributed by atoms with E-state index in [0.29, 0.717) is 6.04 Å². The third-order valence-corrected chi connectivity index (χ3v) is 1.64. The highest BCUT2D eigenvalue weighted by Crippen LogP contribution is 1.99. The Hall–Kier alpha value is -0.330. The quantitative estimate of drug-likeness (QED) is 0.534. The molecule has 0 rings (SSSR count). The van der Waals surface area contributed by atoms with Crippen molar-refractivity contribution in [3.8, 4) is 0 Å². The van der Waals surface area contributed by atoms with Gasteiger partial charge < -0.3 is 0 Å². The Kier molecular flexibility index (Phi) is 5.27. The van der Waals surface area contributed by atoms with Gasteiger partial charge in [0.2, 0.25) is 0 Å². The molecule has 0 heterocycles. The summed E-state index contributed by atoms with van der Waals surface area (Å²) in [4.78, 5) is 4.50. The predicted molar refractivity (Wildman–Crippen MR) is 47.8 cm³/mol. The average molecular weight is 141 g/mol. The summed E-state index contributed by atoms with van der Waals surface area (Å²) in [6, 6.07) is 0.520. The SMILES string of the molecule is CCCC(C)=NC(C)CC. The van der Waals surface area contributed by atoms with E-state index in [1.165, 1.54) is 12.1 Å². The molecule has 0 aliphatic heterocycles. The normalized spacial score (nSPS) is 15.4. The van der Waals surface area contributed by atoms with E-state index in [0.717, 1.165) is 12.8 Å². The van der Waals surface area contributed by atoms with Crippen molar-refractivity contribution in [2.75, 3.05) is 0 Å². The number of rotatable bonds is 4. The third-order valence-electron chi connectivity index (χ3n) is 1.64. The molecule has 0 N–H and O–H groups in total. The molecule has 0 amide bonds. The van der Waals surface area contributed by atoms with Gasteiger partial charge in [0.25, 0.3) is 0 Å². The monoisotopic (exact) mass is 141 g/mol. The van der Waals surface area contributed by atoms with Gasteiger partial charge in [-0.15, -0.1) is 0 Å². The van der Waals surface area contributed by atoms with E-state index in [2.05, 4.69) is 32.7 Å². The Morgan fingerprint density at radius 3 is 2.40 bits per heavy atom. The van der Waals surface area contributed by atoms with Crippen LogP contribution in [0.25, 0.3) is 0 Å². The van der Waals surface area contributed by atoms with Crippen LogP contribution in [-0.4, -0.2) is 11.8 Å². The zero-order valence-corrected chi connectivity index (χ0v) is 7.65. The maximum atomic E-state index is 4.50. The molecule has 1 heteroatoms. The van der Waals surface area contributed by atoms with Gasteiger partial charge in [0.15, 0.2) is 0 Å². The van der Waals surface area contributed by atoms with E-state index >= 15 is 0 Å². The Morgan fingerprint density at radius 1 is 1.40 bits per heavy atom. The molecule has 0 saturated heterocycles. The lowest BCUT2D eigenvalue weighted by molar-refractivity contribution is 0.712. The summed E-state index contributed by atoms with van der Waals surface area (Å²) in [5.74, 6) is 0. The second-order valence-electron chi connectivity index (χ2n) is 2.87. The Bertz CT molecular complexity index is 105. The second kappa shape index (κ2) is 5.45. The van der Waals surface area contributed by atoms with Gasteiger partial charge in [-0.2, -0.15) is 0 Å². The Balaban J connectivity index is 3.65. The minimum Gasteiger partial charge on any atom is -0.291 e. The molecule has 60 valence electrons. The second-order valence-corrected chi connectivity index (χ2v) is 2.87. The lowest BCUT2D eigenvalue weighted by Gasteiger charge is -2.03. The van der Waals surface area contributed by atoms with E-state index in [-0.39, 0.29) is 0 Å². The molecule has 0 aliphatic carbocycles. The molecule has 0 aromatic carbocycles. The van der Waals surface area contributed by atoms with Gasteiger partial charge >= 0.3 is 0 Å². The van der Waals surface area contributed by atoms with E-state index < -0.39 is 0 Å². The summed E-state index contributed by atoms with van der Waals surface area (Å²) in [6.45, 7) is 8.65. The Morgan fingerprint density at radius 2 is 2.00 bits per heavy atom. The number of hydrogen-bond donors (Lipinski definition) is 0. The topological polar surface area (TPSA) is 12.4 Å². The van der Waals surface area contributed by atoms with Crippen LogP contribution < -0.4 is 0 Å². The molecule has 0 spiro atoms. The third kappa shape index (κ3) is 4.54. The van der Waals surface area contributed by atoms with Crippen LogP contribution in [0.5, 0.6) is 0 Å². The van der Waals surface area contributed by atoms with Gasteiger partial charge in [-0.1, -0.05) is 20.3 Å². The predicted octanol–water partition coefficient (Wildman–Crippen LogP) is 3.05. The molecule has 0 bridgehead atoms. The molecule has 0 aromatic heterocycles. The smallest absolute Gasteiger partial charge is 0.0468 e. The maximum absolute atomic E-state index is 4.50. The summed E-state index contributed by atoms with van der Waals surface area (Å²) in [6.07, 6.45) is 3.52. The first-order chi connectivity index (χ1) is 4.70. The summed E-state index contributed by atoms with van der Waals surface area (Å²) in [7, 11) is 0. The van der Waals surface area contributed by atoms with Crippen molar-refractivity contribution in [2.45, 2.75) is 53.0 Å². The summed E-state index contributed by atoms with van der Waals surface area (Å²) in [5.41, 5.74) is 1.30. The molecule has 10 heavy (non-hydrogen) atoms. The minimum atomic E-state index is 0.520. The highest BCUT2D eigenvalue weighted by molar-refractivity contribution is 5.81. The fraction of sp³-hybridized carbons (Fsp3) is 0.889. The van der Waals surface area contributed by atoms with Crippen molar-refractivity contribution in [1.82, 2.24) is 0 Å². The fourth-order valence-corrected chi connectivity index (χ4v) is 0.894. The van der Waals surface area contributed by atoms with Crippen molar-refractivity contribution < 1.29 is 0 Å². The highest BCUT2D eigenvalue weighted by atomic mass is 14.8. The van der Waals surface area contributed by atoms with E-state index in [1.54, 1.807) is 0 Å². The molecule has 0 aromatic rings. The van der Waals surface area contributed by atoms with Crippen molar-refractivity contribution in [2.24, 2.45) is 4.99 Å².